The lowest BCUT2D eigenvalue weighted by molar-refractivity contribution is -0.389. The van der Waals surface area contributed by atoms with Crippen LogP contribution in [0.3, 0.4) is 0 Å². The van der Waals surface area contributed by atoms with E-state index in [2.05, 4.69) is 18.3 Å². The van der Waals surface area contributed by atoms with Crippen LogP contribution in [0, 0.1) is 10.1 Å². The zero-order valence-corrected chi connectivity index (χ0v) is 9.13. The molecule has 0 spiro atoms. The second-order valence-corrected chi connectivity index (χ2v) is 3.40. The van der Waals surface area contributed by atoms with E-state index >= 15 is 0 Å². The van der Waals surface area contributed by atoms with Gasteiger partial charge in [-0.15, -0.1) is 6.58 Å². The Kier molecular flexibility index (Phi) is 4.44. The minimum atomic E-state index is -0.493. The second kappa shape index (κ2) is 5.85. The van der Waals surface area contributed by atoms with E-state index in [0.717, 1.165) is 19.3 Å². The SMILES string of the molecule is C=CCCCCn1nc([N+](=O)[O-])cc1C=C. The van der Waals surface area contributed by atoms with Crippen LogP contribution in [0.15, 0.2) is 25.3 Å². The molecule has 0 aromatic carbocycles. The van der Waals surface area contributed by atoms with Gasteiger partial charge in [-0.1, -0.05) is 12.7 Å². The number of unbranched alkanes of at least 4 members (excludes halogenated alkanes) is 2. The molecule has 5 nitrogen and oxygen atoms in total. The van der Waals surface area contributed by atoms with Gasteiger partial charge in [-0.3, -0.25) is 0 Å². The summed E-state index contributed by atoms with van der Waals surface area (Å²) in [7, 11) is 0. The van der Waals surface area contributed by atoms with Gasteiger partial charge in [0.15, 0.2) is 0 Å². The summed E-state index contributed by atoms with van der Waals surface area (Å²) in [6.45, 7) is 7.92. The van der Waals surface area contributed by atoms with Crippen molar-refractivity contribution in [2.24, 2.45) is 0 Å². The predicted octanol–water partition coefficient (Wildman–Crippen LogP) is 2.79. The van der Waals surface area contributed by atoms with Gasteiger partial charge >= 0.3 is 5.82 Å². The van der Waals surface area contributed by atoms with E-state index in [4.69, 9.17) is 0 Å². The molecule has 86 valence electrons. The molecule has 16 heavy (non-hydrogen) atoms. The Morgan fingerprint density at radius 1 is 1.50 bits per heavy atom. The summed E-state index contributed by atoms with van der Waals surface area (Å²) in [4.78, 5) is 10.0. The summed E-state index contributed by atoms with van der Waals surface area (Å²) in [5.41, 5.74) is 0.685. The lowest BCUT2D eigenvalue weighted by Gasteiger charge is -1.98. The van der Waals surface area contributed by atoms with Gasteiger partial charge in [-0.05, 0) is 30.3 Å². The molecule has 0 bridgehead atoms. The normalized spacial score (nSPS) is 10.0. The number of nitro groups is 1. The van der Waals surface area contributed by atoms with Crippen LogP contribution in [-0.2, 0) is 6.54 Å². The molecule has 0 saturated carbocycles. The largest absolute Gasteiger partial charge is 0.390 e. The van der Waals surface area contributed by atoms with Crippen molar-refractivity contribution < 1.29 is 4.92 Å². The topological polar surface area (TPSA) is 61.0 Å². The van der Waals surface area contributed by atoms with Gasteiger partial charge in [0, 0.05) is 0 Å². The van der Waals surface area contributed by atoms with E-state index in [1.807, 2.05) is 6.08 Å². The Morgan fingerprint density at radius 2 is 2.25 bits per heavy atom. The molecule has 0 N–H and O–H groups in total. The number of nitrogens with zero attached hydrogens (tertiary/aromatic N) is 3. The Labute approximate surface area is 94.2 Å². The molecule has 0 atom stereocenters. The number of rotatable bonds is 7. The van der Waals surface area contributed by atoms with Crippen molar-refractivity contribution >= 4 is 11.9 Å². The number of hydrogen-bond acceptors (Lipinski definition) is 3. The molecule has 0 unspecified atom stereocenters. The molecule has 1 heterocycles. The van der Waals surface area contributed by atoms with Crippen LogP contribution >= 0.6 is 0 Å². The maximum absolute atomic E-state index is 10.5. The van der Waals surface area contributed by atoms with Gasteiger partial charge in [0.05, 0.1) is 23.4 Å². The summed E-state index contributed by atoms with van der Waals surface area (Å²) < 4.78 is 1.62. The smallest absolute Gasteiger partial charge is 0.358 e. The fraction of sp³-hybridized carbons (Fsp3) is 0.364. The predicted molar refractivity (Wildman–Crippen MR) is 63.0 cm³/mol. The highest BCUT2D eigenvalue weighted by Crippen LogP contribution is 2.14. The maximum atomic E-state index is 10.5. The summed E-state index contributed by atoms with van der Waals surface area (Å²) in [6, 6.07) is 1.43. The average Bonchev–Trinajstić information content (AvgIpc) is 2.68. The summed E-state index contributed by atoms with van der Waals surface area (Å²) >= 11 is 0. The minimum Gasteiger partial charge on any atom is -0.358 e. The fourth-order valence-electron chi connectivity index (χ4n) is 1.40. The first kappa shape index (κ1) is 12.2. The van der Waals surface area contributed by atoms with Crippen LogP contribution in [0.25, 0.3) is 6.08 Å². The van der Waals surface area contributed by atoms with Crippen molar-refractivity contribution in [3.05, 3.63) is 41.1 Å². The molecule has 0 saturated heterocycles. The van der Waals surface area contributed by atoms with Gasteiger partial charge in [0.25, 0.3) is 0 Å². The van der Waals surface area contributed by atoms with Crippen LogP contribution in [0.2, 0.25) is 0 Å². The molecule has 5 heteroatoms. The maximum Gasteiger partial charge on any atom is 0.390 e. The van der Waals surface area contributed by atoms with Gasteiger partial charge in [0.2, 0.25) is 0 Å². The Balaban J connectivity index is 2.66. The summed E-state index contributed by atoms with van der Waals surface area (Å²) in [5, 5.41) is 14.4. The van der Waals surface area contributed by atoms with Gasteiger partial charge in [0.1, 0.15) is 0 Å². The number of aromatic nitrogens is 2. The molecule has 0 aliphatic carbocycles. The third-order valence-corrected chi connectivity index (χ3v) is 2.22. The van der Waals surface area contributed by atoms with Crippen molar-refractivity contribution in [1.29, 1.82) is 0 Å². The summed E-state index contributed by atoms with van der Waals surface area (Å²) in [6.07, 6.45) is 6.32. The van der Waals surface area contributed by atoms with Crippen LogP contribution < -0.4 is 0 Å². The van der Waals surface area contributed by atoms with Crippen LogP contribution in [0.5, 0.6) is 0 Å². The third-order valence-electron chi connectivity index (χ3n) is 2.22. The van der Waals surface area contributed by atoms with Crippen molar-refractivity contribution in [2.75, 3.05) is 0 Å². The quantitative estimate of drug-likeness (QED) is 0.308. The van der Waals surface area contributed by atoms with Crippen LogP contribution in [0.1, 0.15) is 25.0 Å². The molecule has 1 aromatic rings. The standard InChI is InChI=1S/C11H15N3O2/c1-3-5-6-7-8-13-10(4-2)9-11(12-13)14(15)16/h3-4,9H,1-2,5-8H2. The lowest BCUT2D eigenvalue weighted by atomic mass is 10.2. The van der Waals surface area contributed by atoms with E-state index in [9.17, 15) is 10.1 Å². The molecule has 0 fully saturated rings. The van der Waals surface area contributed by atoms with Crippen LogP contribution in [-0.4, -0.2) is 14.7 Å². The van der Waals surface area contributed by atoms with E-state index in [-0.39, 0.29) is 5.82 Å². The summed E-state index contributed by atoms with van der Waals surface area (Å²) in [5.74, 6) is -0.126. The van der Waals surface area contributed by atoms with Gasteiger partial charge in [-0.2, -0.15) is 4.68 Å². The van der Waals surface area contributed by atoms with E-state index < -0.39 is 4.92 Å². The highest BCUT2D eigenvalue weighted by Gasteiger charge is 2.15. The average molecular weight is 221 g/mol. The highest BCUT2D eigenvalue weighted by atomic mass is 16.6. The van der Waals surface area contributed by atoms with Gasteiger partial charge < -0.3 is 10.1 Å². The van der Waals surface area contributed by atoms with Gasteiger partial charge in [-0.25, -0.2) is 0 Å². The van der Waals surface area contributed by atoms with Crippen molar-refractivity contribution in [3.8, 4) is 0 Å². The fourth-order valence-corrected chi connectivity index (χ4v) is 1.40. The molecule has 1 rings (SSSR count). The monoisotopic (exact) mass is 221 g/mol. The van der Waals surface area contributed by atoms with Crippen molar-refractivity contribution in [2.45, 2.75) is 25.8 Å². The Hall–Kier alpha value is -1.91. The molecule has 1 aromatic heterocycles. The number of allylic oxidation sites excluding steroid dienone is 1. The zero-order chi connectivity index (χ0) is 12.0. The first-order valence-electron chi connectivity index (χ1n) is 5.14. The van der Waals surface area contributed by atoms with Crippen LogP contribution in [0.4, 0.5) is 5.82 Å². The Bertz CT molecular complexity index is 396. The molecule has 0 amide bonds. The number of hydrogen-bond donors (Lipinski definition) is 0. The number of aryl methyl sites for hydroxylation is 1. The zero-order valence-electron chi connectivity index (χ0n) is 9.13. The molecular weight excluding hydrogens is 206 g/mol. The van der Waals surface area contributed by atoms with Crippen molar-refractivity contribution in [3.63, 3.8) is 0 Å². The molecular formula is C11H15N3O2. The third kappa shape index (κ3) is 3.05. The van der Waals surface area contributed by atoms with Crippen molar-refractivity contribution in [1.82, 2.24) is 9.78 Å². The molecule has 0 radical (unpaired) electrons. The van der Waals surface area contributed by atoms with E-state index in [1.54, 1.807) is 10.8 Å². The van der Waals surface area contributed by atoms with E-state index in [1.165, 1.54) is 6.07 Å². The lowest BCUT2D eigenvalue weighted by Crippen LogP contribution is -2.02. The second-order valence-electron chi connectivity index (χ2n) is 3.40. The Morgan fingerprint density at radius 3 is 2.81 bits per heavy atom. The highest BCUT2D eigenvalue weighted by molar-refractivity contribution is 5.45. The molecule has 0 aliphatic rings. The van der Waals surface area contributed by atoms with E-state index in [0.29, 0.717) is 12.2 Å². The first-order valence-corrected chi connectivity index (χ1v) is 5.14. The molecule has 0 aliphatic heterocycles. The first-order chi connectivity index (χ1) is 7.69. The minimum absolute atomic E-state index is 0.126.